The Morgan fingerprint density at radius 1 is 1.00 bits per heavy atom. The SMILES string of the molecule is Fc1ccc(-c2c(I)ncn2Cc2ccccc2)cc1. The Balaban J connectivity index is 1.99. The van der Waals surface area contributed by atoms with Crippen LogP contribution in [-0.4, -0.2) is 9.55 Å². The van der Waals surface area contributed by atoms with E-state index in [9.17, 15) is 4.39 Å². The third kappa shape index (κ3) is 2.75. The average molecular weight is 378 g/mol. The molecule has 0 bridgehead atoms. The van der Waals surface area contributed by atoms with Gasteiger partial charge in [0.25, 0.3) is 0 Å². The molecule has 100 valence electrons. The Kier molecular flexibility index (Phi) is 3.82. The molecule has 0 saturated heterocycles. The van der Waals surface area contributed by atoms with E-state index < -0.39 is 0 Å². The van der Waals surface area contributed by atoms with E-state index in [1.165, 1.54) is 17.7 Å². The first kappa shape index (κ1) is 13.3. The van der Waals surface area contributed by atoms with E-state index in [4.69, 9.17) is 0 Å². The molecule has 0 radical (unpaired) electrons. The second kappa shape index (κ2) is 5.75. The Hall–Kier alpha value is -1.69. The topological polar surface area (TPSA) is 17.8 Å². The molecule has 0 aliphatic rings. The number of rotatable bonds is 3. The number of benzene rings is 2. The summed E-state index contributed by atoms with van der Waals surface area (Å²) in [6.45, 7) is 0.754. The first-order chi connectivity index (χ1) is 9.74. The van der Waals surface area contributed by atoms with Crippen LogP contribution in [0.4, 0.5) is 4.39 Å². The number of hydrogen-bond acceptors (Lipinski definition) is 1. The first-order valence-corrected chi connectivity index (χ1v) is 7.32. The number of nitrogens with zero attached hydrogens (tertiary/aromatic N) is 2. The summed E-state index contributed by atoms with van der Waals surface area (Å²) in [5, 5.41) is 0. The molecule has 0 amide bonds. The maximum atomic E-state index is 13.1. The van der Waals surface area contributed by atoms with E-state index >= 15 is 0 Å². The molecule has 2 nitrogen and oxygen atoms in total. The van der Waals surface area contributed by atoms with Crippen LogP contribution in [0.1, 0.15) is 5.56 Å². The summed E-state index contributed by atoms with van der Waals surface area (Å²) in [6.07, 6.45) is 1.83. The van der Waals surface area contributed by atoms with Crippen molar-refractivity contribution >= 4 is 22.6 Å². The van der Waals surface area contributed by atoms with Crippen molar-refractivity contribution < 1.29 is 4.39 Å². The molecule has 0 aliphatic heterocycles. The second-order valence-corrected chi connectivity index (χ2v) is 5.53. The van der Waals surface area contributed by atoms with Crippen molar-refractivity contribution in [3.63, 3.8) is 0 Å². The summed E-state index contributed by atoms with van der Waals surface area (Å²) in [5.41, 5.74) is 3.21. The minimum absolute atomic E-state index is 0.224. The number of aromatic nitrogens is 2. The highest BCUT2D eigenvalue weighted by molar-refractivity contribution is 14.1. The zero-order chi connectivity index (χ0) is 13.9. The van der Waals surface area contributed by atoms with Gasteiger partial charge in [0.1, 0.15) is 9.52 Å². The van der Waals surface area contributed by atoms with Crippen LogP contribution in [0, 0.1) is 9.52 Å². The first-order valence-electron chi connectivity index (χ1n) is 6.24. The number of halogens is 2. The van der Waals surface area contributed by atoms with Gasteiger partial charge >= 0.3 is 0 Å². The van der Waals surface area contributed by atoms with Gasteiger partial charge in [-0.2, -0.15) is 0 Å². The minimum atomic E-state index is -0.224. The fourth-order valence-corrected chi connectivity index (χ4v) is 2.90. The summed E-state index contributed by atoms with van der Waals surface area (Å²) in [6, 6.07) is 16.7. The molecule has 0 fully saturated rings. The molecule has 0 spiro atoms. The lowest BCUT2D eigenvalue weighted by Gasteiger charge is -2.09. The molecule has 0 N–H and O–H groups in total. The summed E-state index contributed by atoms with van der Waals surface area (Å²) >= 11 is 2.21. The van der Waals surface area contributed by atoms with E-state index in [-0.39, 0.29) is 5.82 Å². The molecule has 3 rings (SSSR count). The molecule has 4 heteroatoms. The Labute approximate surface area is 130 Å². The molecule has 2 aromatic carbocycles. The predicted octanol–water partition coefficient (Wildman–Crippen LogP) is 4.34. The normalized spacial score (nSPS) is 10.7. The lowest BCUT2D eigenvalue weighted by molar-refractivity contribution is 0.628. The van der Waals surface area contributed by atoms with Gasteiger partial charge < -0.3 is 4.57 Å². The number of imidazole rings is 1. The van der Waals surface area contributed by atoms with Crippen LogP contribution in [0.2, 0.25) is 0 Å². The molecular formula is C16H12FIN2. The zero-order valence-corrected chi connectivity index (χ0v) is 12.8. The van der Waals surface area contributed by atoms with Gasteiger partial charge in [0.05, 0.1) is 12.0 Å². The van der Waals surface area contributed by atoms with Crippen LogP contribution >= 0.6 is 22.6 Å². The van der Waals surface area contributed by atoms with E-state index in [2.05, 4.69) is 44.3 Å². The van der Waals surface area contributed by atoms with E-state index in [1.807, 2.05) is 24.5 Å². The highest BCUT2D eigenvalue weighted by atomic mass is 127. The van der Waals surface area contributed by atoms with E-state index in [0.29, 0.717) is 0 Å². The van der Waals surface area contributed by atoms with Crippen molar-refractivity contribution in [3.8, 4) is 11.3 Å². The smallest absolute Gasteiger partial charge is 0.127 e. The molecule has 0 unspecified atom stereocenters. The third-order valence-corrected chi connectivity index (χ3v) is 3.90. The molecule has 20 heavy (non-hydrogen) atoms. The van der Waals surface area contributed by atoms with Crippen LogP contribution in [0.3, 0.4) is 0 Å². The van der Waals surface area contributed by atoms with Crippen molar-refractivity contribution in [3.05, 3.63) is 76.0 Å². The summed E-state index contributed by atoms with van der Waals surface area (Å²) in [5.74, 6) is -0.224. The zero-order valence-electron chi connectivity index (χ0n) is 10.6. The maximum Gasteiger partial charge on any atom is 0.127 e. The summed E-state index contributed by atoms with van der Waals surface area (Å²) in [4.78, 5) is 4.37. The van der Waals surface area contributed by atoms with Crippen molar-refractivity contribution in [2.24, 2.45) is 0 Å². The lowest BCUT2D eigenvalue weighted by atomic mass is 10.1. The number of hydrogen-bond donors (Lipinski definition) is 0. The van der Waals surface area contributed by atoms with Gasteiger partial charge in [-0.25, -0.2) is 9.37 Å². The van der Waals surface area contributed by atoms with E-state index in [1.54, 1.807) is 12.1 Å². The van der Waals surface area contributed by atoms with Crippen molar-refractivity contribution in [2.75, 3.05) is 0 Å². The van der Waals surface area contributed by atoms with Gasteiger partial charge in [0.2, 0.25) is 0 Å². The quantitative estimate of drug-likeness (QED) is 0.620. The molecule has 1 aromatic heterocycles. The van der Waals surface area contributed by atoms with Crippen molar-refractivity contribution in [1.82, 2.24) is 9.55 Å². The highest BCUT2D eigenvalue weighted by Crippen LogP contribution is 2.25. The van der Waals surface area contributed by atoms with Crippen LogP contribution in [0.15, 0.2) is 60.9 Å². The Morgan fingerprint density at radius 2 is 1.70 bits per heavy atom. The van der Waals surface area contributed by atoms with Gasteiger partial charge in [-0.15, -0.1) is 0 Å². The van der Waals surface area contributed by atoms with Crippen LogP contribution in [-0.2, 0) is 6.54 Å². The predicted molar refractivity (Wildman–Crippen MR) is 85.9 cm³/mol. The molecule has 3 aromatic rings. The molecule has 0 atom stereocenters. The third-order valence-electron chi connectivity index (χ3n) is 3.11. The van der Waals surface area contributed by atoms with Crippen LogP contribution < -0.4 is 0 Å². The fraction of sp³-hybridized carbons (Fsp3) is 0.0625. The van der Waals surface area contributed by atoms with Crippen molar-refractivity contribution in [2.45, 2.75) is 6.54 Å². The molecule has 0 saturated carbocycles. The van der Waals surface area contributed by atoms with Crippen LogP contribution in [0.25, 0.3) is 11.3 Å². The lowest BCUT2D eigenvalue weighted by Crippen LogP contribution is -2.00. The monoisotopic (exact) mass is 378 g/mol. The standard InChI is InChI=1S/C16H12FIN2/c17-14-8-6-13(7-9-14)15-16(18)19-11-20(15)10-12-4-2-1-3-5-12/h1-9,11H,10H2. The van der Waals surface area contributed by atoms with Crippen LogP contribution in [0.5, 0.6) is 0 Å². The molecule has 0 aliphatic carbocycles. The largest absolute Gasteiger partial charge is 0.325 e. The van der Waals surface area contributed by atoms with E-state index in [0.717, 1.165) is 21.5 Å². The maximum absolute atomic E-state index is 13.1. The average Bonchev–Trinajstić information content (AvgIpc) is 2.82. The highest BCUT2D eigenvalue weighted by Gasteiger charge is 2.11. The van der Waals surface area contributed by atoms with Crippen molar-refractivity contribution in [1.29, 1.82) is 0 Å². The Morgan fingerprint density at radius 3 is 2.40 bits per heavy atom. The minimum Gasteiger partial charge on any atom is -0.325 e. The second-order valence-electron chi connectivity index (χ2n) is 4.50. The molecular weight excluding hydrogens is 366 g/mol. The molecule has 1 heterocycles. The van der Waals surface area contributed by atoms with Gasteiger partial charge in [0.15, 0.2) is 0 Å². The Bertz CT molecular complexity index is 705. The fourth-order valence-electron chi connectivity index (χ4n) is 2.15. The van der Waals surface area contributed by atoms with Gasteiger partial charge in [-0.3, -0.25) is 0 Å². The summed E-state index contributed by atoms with van der Waals surface area (Å²) in [7, 11) is 0. The van der Waals surface area contributed by atoms with Gasteiger partial charge in [-0.05, 0) is 52.4 Å². The summed E-state index contributed by atoms with van der Waals surface area (Å²) < 4.78 is 16.1. The van der Waals surface area contributed by atoms with Gasteiger partial charge in [0, 0.05) is 12.1 Å². The van der Waals surface area contributed by atoms with Gasteiger partial charge in [-0.1, -0.05) is 30.3 Å².